The smallest absolute Gasteiger partial charge is 0.132 e. The van der Waals surface area contributed by atoms with Crippen molar-refractivity contribution in [2.75, 3.05) is 13.2 Å². The van der Waals surface area contributed by atoms with E-state index in [0.29, 0.717) is 5.92 Å². The van der Waals surface area contributed by atoms with Crippen molar-refractivity contribution in [3.63, 3.8) is 0 Å². The summed E-state index contributed by atoms with van der Waals surface area (Å²) in [6.45, 7) is 1.65. The first kappa shape index (κ1) is 11.1. The molecule has 1 aromatic carbocycles. The minimum Gasteiger partial charge on any atom is -0.381 e. The van der Waals surface area contributed by atoms with Crippen LogP contribution in [0.3, 0.4) is 0 Å². The van der Waals surface area contributed by atoms with Crippen molar-refractivity contribution in [3.8, 4) is 0 Å². The van der Waals surface area contributed by atoms with Gasteiger partial charge in [0, 0.05) is 35.2 Å². The predicted molar refractivity (Wildman–Crippen MR) is 70.0 cm³/mol. The van der Waals surface area contributed by atoms with Gasteiger partial charge in [-0.3, -0.25) is 0 Å². The van der Waals surface area contributed by atoms with Crippen LogP contribution < -0.4 is 0 Å². The van der Waals surface area contributed by atoms with Gasteiger partial charge in [-0.1, -0.05) is 15.9 Å². The lowest BCUT2D eigenvalue weighted by Crippen LogP contribution is -2.16. The summed E-state index contributed by atoms with van der Waals surface area (Å²) in [4.78, 5) is 9.14. The number of halogens is 1. The van der Waals surface area contributed by atoms with Gasteiger partial charge in [-0.15, -0.1) is 0 Å². The van der Waals surface area contributed by atoms with Crippen LogP contribution >= 0.6 is 15.9 Å². The summed E-state index contributed by atoms with van der Waals surface area (Å²) in [7, 11) is 0. The highest BCUT2D eigenvalue weighted by molar-refractivity contribution is 9.10. The third-order valence-electron chi connectivity index (χ3n) is 3.15. The number of ether oxygens (including phenoxy) is 1. The molecule has 1 saturated heterocycles. The molecular weight excluding hydrogens is 280 g/mol. The molecule has 4 heteroatoms. The fourth-order valence-corrected chi connectivity index (χ4v) is 2.55. The zero-order valence-electron chi connectivity index (χ0n) is 9.40. The molecule has 0 bridgehead atoms. The summed E-state index contributed by atoms with van der Waals surface area (Å²) >= 11 is 3.46. The average Bonchev–Trinajstić information content (AvgIpc) is 2.39. The first-order valence-electron chi connectivity index (χ1n) is 5.83. The van der Waals surface area contributed by atoms with Crippen molar-refractivity contribution in [3.05, 3.63) is 34.7 Å². The minimum absolute atomic E-state index is 0.455. The normalized spacial score (nSPS) is 17.5. The average molecular weight is 293 g/mol. The van der Waals surface area contributed by atoms with Gasteiger partial charge in [-0.2, -0.15) is 0 Å². The Morgan fingerprint density at radius 2 is 2.06 bits per heavy atom. The molecule has 3 nitrogen and oxygen atoms in total. The van der Waals surface area contributed by atoms with E-state index in [1.165, 1.54) is 0 Å². The van der Waals surface area contributed by atoms with Crippen LogP contribution in [0.4, 0.5) is 0 Å². The highest BCUT2D eigenvalue weighted by Crippen LogP contribution is 2.25. The molecule has 0 aliphatic carbocycles. The monoisotopic (exact) mass is 292 g/mol. The Bertz CT molecular complexity index is 538. The molecule has 1 aliphatic heterocycles. The molecule has 88 valence electrons. The molecule has 0 atom stereocenters. The van der Waals surface area contributed by atoms with E-state index in [1.807, 2.05) is 24.4 Å². The van der Waals surface area contributed by atoms with Crippen molar-refractivity contribution in [1.29, 1.82) is 0 Å². The Morgan fingerprint density at radius 1 is 1.24 bits per heavy atom. The van der Waals surface area contributed by atoms with Gasteiger partial charge in [-0.05, 0) is 31.0 Å². The molecule has 0 N–H and O–H groups in total. The Kier molecular flexibility index (Phi) is 3.07. The zero-order valence-corrected chi connectivity index (χ0v) is 11.0. The fourth-order valence-electron chi connectivity index (χ4n) is 2.17. The SMILES string of the molecule is Brc1ccc2nc(C3CCOCC3)ncc2c1. The number of nitrogens with zero attached hydrogens (tertiary/aromatic N) is 2. The van der Waals surface area contributed by atoms with Crippen molar-refractivity contribution < 1.29 is 4.74 Å². The molecule has 2 heterocycles. The van der Waals surface area contributed by atoms with Crippen LogP contribution in [-0.2, 0) is 4.74 Å². The Hall–Kier alpha value is -1.00. The predicted octanol–water partition coefficient (Wildman–Crippen LogP) is 3.29. The topological polar surface area (TPSA) is 35.0 Å². The summed E-state index contributed by atoms with van der Waals surface area (Å²) in [5.74, 6) is 1.42. The molecule has 0 unspecified atom stereocenters. The Morgan fingerprint density at radius 3 is 2.88 bits per heavy atom. The molecule has 1 fully saturated rings. The maximum Gasteiger partial charge on any atom is 0.132 e. The Balaban J connectivity index is 1.98. The van der Waals surface area contributed by atoms with E-state index in [4.69, 9.17) is 4.74 Å². The van der Waals surface area contributed by atoms with Crippen LogP contribution in [0, 0.1) is 0 Å². The highest BCUT2D eigenvalue weighted by Gasteiger charge is 2.18. The van der Waals surface area contributed by atoms with Crippen molar-refractivity contribution in [1.82, 2.24) is 9.97 Å². The van der Waals surface area contributed by atoms with E-state index < -0.39 is 0 Å². The molecule has 1 aliphatic rings. The largest absolute Gasteiger partial charge is 0.381 e. The third kappa shape index (κ3) is 2.33. The molecule has 0 radical (unpaired) electrons. The van der Waals surface area contributed by atoms with Crippen LogP contribution in [0.5, 0.6) is 0 Å². The second-order valence-corrected chi connectivity index (χ2v) is 5.23. The van der Waals surface area contributed by atoms with E-state index in [0.717, 1.165) is 47.3 Å². The van der Waals surface area contributed by atoms with Crippen LogP contribution in [0.15, 0.2) is 28.9 Å². The van der Waals surface area contributed by atoms with Gasteiger partial charge in [0.25, 0.3) is 0 Å². The first-order chi connectivity index (χ1) is 8.33. The Labute approximate surface area is 108 Å². The maximum absolute atomic E-state index is 5.36. The quantitative estimate of drug-likeness (QED) is 0.809. The standard InChI is InChI=1S/C13H13BrN2O/c14-11-1-2-12-10(7-11)8-15-13(16-12)9-3-5-17-6-4-9/h1-2,7-9H,3-6H2. The molecule has 1 aromatic heterocycles. The molecule has 0 saturated carbocycles. The molecular formula is C13H13BrN2O. The second-order valence-electron chi connectivity index (χ2n) is 4.32. The van der Waals surface area contributed by atoms with Crippen molar-refractivity contribution in [2.45, 2.75) is 18.8 Å². The van der Waals surface area contributed by atoms with E-state index in [-0.39, 0.29) is 0 Å². The minimum atomic E-state index is 0.455. The van der Waals surface area contributed by atoms with E-state index in [2.05, 4.69) is 25.9 Å². The number of hydrogen-bond acceptors (Lipinski definition) is 3. The van der Waals surface area contributed by atoms with Gasteiger partial charge in [-0.25, -0.2) is 9.97 Å². The number of benzene rings is 1. The number of rotatable bonds is 1. The lowest BCUT2D eigenvalue weighted by Gasteiger charge is -2.20. The maximum atomic E-state index is 5.36. The van der Waals surface area contributed by atoms with Gasteiger partial charge >= 0.3 is 0 Å². The highest BCUT2D eigenvalue weighted by atomic mass is 79.9. The van der Waals surface area contributed by atoms with Crippen LogP contribution in [0.25, 0.3) is 10.9 Å². The first-order valence-corrected chi connectivity index (χ1v) is 6.62. The summed E-state index contributed by atoms with van der Waals surface area (Å²) in [5.41, 5.74) is 1.02. The lowest BCUT2D eigenvalue weighted by molar-refractivity contribution is 0.0836. The van der Waals surface area contributed by atoms with Crippen molar-refractivity contribution >= 4 is 26.8 Å². The van der Waals surface area contributed by atoms with Gasteiger partial charge in [0.2, 0.25) is 0 Å². The molecule has 3 rings (SSSR count). The second kappa shape index (κ2) is 4.70. The third-order valence-corrected chi connectivity index (χ3v) is 3.64. The number of fused-ring (bicyclic) bond motifs is 1. The summed E-state index contributed by atoms with van der Waals surface area (Å²) in [6.07, 6.45) is 3.97. The number of aromatic nitrogens is 2. The van der Waals surface area contributed by atoms with E-state index >= 15 is 0 Å². The lowest BCUT2D eigenvalue weighted by atomic mass is 9.99. The van der Waals surface area contributed by atoms with Gasteiger partial charge in [0.1, 0.15) is 5.82 Å². The van der Waals surface area contributed by atoms with Crippen LogP contribution in [-0.4, -0.2) is 23.2 Å². The van der Waals surface area contributed by atoms with E-state index in [9.17, 15) is 0 Å². The van der Waals surface area contributed by atoms with Gasteiger partial charge in [0.15, 0.2) is 0 Å². The molecule has 0 spiro atoms. The van der Waals surface area contributed by atoms with Gasteiger partial charge in [0.05, 0.1) is 5.52 Å². The van der Waals surface area contributed by atoms with E-state index in [1.54, 1.807) is 0 Å². The summed E-state index contributed by atoms with van der Waals surface area (Å²) < 4.78 is 6.43. The summed E-state index contributed by atoms with van der Waals surface area (Å²) in [5, 5.41) is 1.08. The molecule has 17 heavy (non-hydrogen) atoms. The summed E-state index contributed by atoms with van der Waals surface area (Å²) in [6, 6.07) is 6.09. The molecule has 2 aromatic rings. The van der Waals surface area contributed by atoms with Crippen LogP contribution in [0.1, 0.15) is 24.6 Å². The number of hydrogen-bond donors (Lipinski definition) is 0. The van der Waals surface area contributed by atoms with Crippen molar-refractivity contribution in [2.24, 2.45) is 0 Å². The molecule has 0 amide bonds. The fraction of sp³-hybridized carbons (Fsp3) is 0.385. The zero-order chi connectivity index (χ0) is 11.7. The van der Waals surface area contributed by atoms with Crippen LogP contribution in [0.2, 0.25) is 0 Å². The van der Waals surface area contributed by atoms with Gasteiger partial charge < -0.3 is 4.74 Å².